The first kappa shape index (κ1) is 27.9. The summed E-state index contributed by atoms with van der Waals surface area (Å²) in [6.07, 6.45) is 10.6. The van der Waals surface area contributed by atoms with Gasteiger partial charge in [-0.1, -0.05) is 45.2 Å². The number of carbonyl (C=O) groups is 1. The molecule has 1 aliphatic rings. The van der Waals surface area contributed by atoms with Crippen molar-refractivity contribution >= 4 is 92.2 Å². The third-order valence-corrected chi connectivity index (χ3v) is 7.46. The lowest BCUT2D eigenvalue weighted by Crippen LogP contribution is -2.30. The number of rotatable bonds is 10. The number of nitrogens with one attached hydrogen (secondary N) is 2. The van der Waals surface area contributed by atoms with Crippen LogP contribution in [0.3, 0.4) is 0 Å². The van der Waals surface area contributed by atoms with Crippen LogP contribution in [0, 0.1) is 0 Å². The lowest BCUT2D eigenvalue weighted by molar-refractivity contribution is -0.106. The van der Waals surface area contributed by atoms with Crippen LogP contribution in [0.4, 0.5) is 11.6 Å². The molecule has 34 heavy (non-hydrogen) atoms. The zero-order chi connectivity index (χ0) is 24.7. The van der Waals surface area contributed by atoms with Crippen molar-refractivity contribution in [1.29, 1.82) is 0 Å². The van der Waals surface area contributed by atoms with E-state index in [-0.39, 0.29) is 15.4 Å². The van der Waals surface area contributed by atoms with Crippen molar-refractivity contribution in [3.05, 3.63) is 30.2 Å². The van der Waals surface area contributed by atoms with E-state index in [0.717, 1.165) is 48.9 Å². The van der Waals surface area contributed by atoms with Gasteiger partial charge < -0.3 is 20.2 Å². The lowest BCUT2D eigenvalue weighted by Gasteiger charge is -2.29. The first-order valence-corrected chi connectivity index (χ1v) is 14.4. The molecular formula is C23H29I3N6O2. The zero-order valence-electron chi connectivity index (χ0n) is 19.3. The molecule has 2 aromatic rings. The topological polar surface area (TPSA) is 101 Å². The van der Waals surface area contributed by atoms with E-state index in [0.29, 0.717) is 17.7 Å². The summed E-state index contributed by atoms with van der Waals surface area (Å²) in [5.74, 6) is 1.31. The van der Waals surface area contributed by atoms with E-state index in [1.54, 1.807) is 13.3 Å². The molecule has 0 bridgehead atoms. The highest BCUT2D eigenvalue weighted by atomic mass is 127. The summed E-state index contributed by atoms with van der Waals surface area (Å²) in [5.41, 5.74) is 2.57. The quantitative estimate of drug-likeness (QED) is 0.100. The number of pyridine rings is 1. The minimum Gasteiger partial charge on any atom is -0.381 e. The van der Waals surface area contributed by atoms with E-state index in [2.05, 4.69) is 55.3 Å². The van der Waals surface area contributed by atoms with Crippen molar-refractivity contribution in [2.24, 2.45) is 3.21 Å². The van der Waals surface area contributed by atoms with Crippen LogP contribution in [-0.2, 0) is 9.53 Å². The van der Waals surface area contributed by atoms with Gasteiger partial charge in [0.25, 0.3) is 0 Å². The molecule has 2 N–H and O–H groups in total. The molecule has 0 aliphatic heterocycles. The van der Waals surface area contributed by atoms with Crippen LogP contribution >= 0.6 is 68.0 Å². The average molecular weight is 802 g/mol. The molecule has 2 atom stereocenters. The molecule has 0 aromatic carbocycles. The largest absolute Gasteiger partial charge is 0.381 e. The molecule has 1 aliphatic carbocycles. The number of anilines is 2. The molecule has 0 radical (unpaired) electrons. The summed E-state index contributed by atoms with van der Waals surface area (Å²) in [6, 6.07) is 4.33. The smallest absolute Gasteiger partial charge is 0.170 e. The van der Waals surface area contributed by atoms with Gasteiger partial charge in [0.15, 0.2) is 17.9 Å². The van der Waals surface area contributed by atoms with Gasteiger partial charge in [0.1, 0.15) is 4.05 Å². The Bertz CT molecular complexity index is 976. The second kappa shape index (κ2) is 13.0. The summed E-state index contributed by atoms with van der Waals surface area (Å²) < 4.78 is 9.28. The van der Waals surface area contributed by atoms with Crippen LogP contribution in [0.5, 0.6) is 0 Å². The van der Waals surface area contributed by atoms with Crippen LogP contribution in [0.15, 0.2) is 27.7 Å². The Morgan fingerprint density at radius 1 is 1.18 bits per heavy atom. The third-order valence-electron chi connectivity index (χ3n) is 5.86. The lowest BCUT2D eigenvalue weighted by atomic mass is 9.93. The third kappa shape index (κ3) is 7.66. The molecule has 2 heterocycles. The van der Waals surface area contributed by atoms with Crippen molar-refractivity contribution in [3.8, 4) is 11.3 Å². The number of ether oxygens (including phenoxy) is 1. The molecular weight excluding hydrogens is 773 g/mol. The van der Waals surface area contributed by atoms with Gasteiger partial charge in [-0.3, -0.25) is 4.98 Å². The number of aromatic nitrogens is 3. The van der Waals surface area contributed by atoms with Crippen molar-refractivity contribution in [2.45, 2.75) is 65.1 Å². The van der Waals surface area contributed by atoms with Crippen LogP contribution in [0.25, 0.3) is 11.3 Å². The molecule has 2 aromatic heterocycles. The monoisotopic (exact) mass is 802 g/mol. The molecule has 184 valence electrons. The van der Waals surface area contributed by atoms with Gasteiger partial charge >= 0.3 is 0 Å². The van der Waals surface area contributed by atoms with E-state index in [9.17, 15) is 4.79 Å². The Hall–Kier alpha value is -0.680. The molecule has 0 spiro atoms. The van der Waals surface area contributed by atoms with Gasteiger partial charge in [0.05, 0.1) is 52.5 Å². The SMILES string of the molecule is COC1CCC(Nc2nc(-c3ccc(C(C=NI)C(C)(C)I)nc3)cnc2NC(I)C=O)CC1. The van der Waals surface area contributed by atoms with Crippen molar-refractivity contribution in [3.63, 3.8) is 0 Å². The minimum absolute atomic E-state index is 0.0262. The summed E-state index contributed by atoms with van der Waals surface area (Å²) >= 11 is 6.47. The van der Waals surface area contributed by atoms with Crippen LogP contribution in [0.2, 0.25) is 0 Å². The highest BCUT2D eigenvalue weighted by molar-refractivity contribution is 14.1. The first-order valence-electron chi connectivity index (χ1n) is 11.1. The molecule has 1 fully saturated rings. The minimum atomic E-state index is -0.392. The molecule has 8 nitrogen and oxygen atoms in total. The molecule has 2 unspecified atom stereocenters. The number of hydrogen-bond donors (Lipinski definition) is 2. The standard InChI is InChI=1S/C23H29I3N6O2/c1-23(2,25)17(11-29-26)18-9-4-14(10-27-18)19-12-28-21(32-20(24)13-33)22(31-19)30-15-5-7-16(34-3)8-6-15/h4,9-13,15-17,20H,5-8H2,1-3H3,(H,28,32)(H,30,31). The van der Waals surface area contributed by atoms with E-state index >= 15 is 0 Å². The fourth-order valence-electron chi connectivity index (χ4n) is 3.94. The van der Waals surface area contributed by atoms with E-state index in [4.69, 9.17) is 14.7 Å². The maximum atomic E-state index is 11.2. The van der Waals surface area contributed by atoms with E-state index < -0.39 is 4.05 Å². The van der Waals surface area contributed by atoms with Crippen molar-refractivity contribution < 1.29 is 9.53 Å². The Labute approximate surface area is 242 Å². The predicted molar refractivity (Wildman–Crippen MR) is 163 cm³/mol. The summed E-state index contributed by atoms with van der Waals surface area (Å²) in [6.45, 7) is 4.34. The highest BCUT2D eigenvalue weighted by Crippen LogP contribution is 2.34. The predicted octanol–water partition coefficient (Wildman–Crippen LogP) is 6.00. The van der Waals surface area contributed by atoms with Crippen LogP contribution in [-0.4, -0.2) is 54.2 Å². The van der Waals surface area contributed by atoms with Gasteiger partial charge in [-0.25, -0.2) is 13.2 Å². The average Bonchev–Trinajstić information content (AvgIpc) is 2.83. The van der Waals surface area contributed by atoms with Crippen molar-refractivity contribution in [1.82, 2.24) is 15.0 Å². The van der Waals surface area contributed by atoms with Gasteiger partial charge in [-0.05, 0) is 51.7 Å². The number of halogens is 3. The van der Waals surface area contributed by atoms with Crippen molar-refractivity contribution in [2.75, 3.05) is 17.7 Å². The molecule has 11 heteroatoms. The van der Waals surface area contributed by atoms with Gasteiger partial charge in [-0.2, -0.15) is 0 Å². The van der Waals surface area contributed by atoms with E-state index in [1.807, 2.05) is 70.0 Å². The number of nitrogens with zero attached hydrogens (tertiary/aromatic N) is 4. The Morgan fingerprint density at radius 3 is 2.47 bits per heavy atom. The maximum Gasteiger partial charge on any atom is 0.170 e. The van der Waals surface area contributed by atoms with Crippen LogP contribution < -0.4 is 10.6 Å². The number of aldehydes is 1. The molecule has 0 amide bonds. The number of alkyl halides is 2. The highest BCUT2D eigenvalue weighted by Gasteiger charge is 2.28. The summed E-state index contributed by atoms with van der Waals surface area (Å²) in [5, 5.41) is 6.68. The Balaban J connectivity index is 1.86. The number of carbonyl (C=O) groups excluding carboxylic acids is 1. The Kier molecular flexibility index (Phi) is 10.7. The van der Waals surface area contributed by atoms with Gasteiger partial charge in [-0.15, -0.1) is 0 Å². The normalized spacial score (nSPS) is 20.6. The maximum absolute atomic E-state index is 11.2. The first-order chi connectivity index (χ1) is 16.2. The van der Waals surface area contributed by atoms with Crippen LogP contribution in [0.1, 0.15) is 51.1 Å². The fraction of sp³-hybridized carbons (Fsp3) is 0.522. The number of hydrogen-bond acceptors (Lipinski definition) is 8. The summed E-state index contributed by atoms with van der Waals surface area (Å²) in [7, 11) is 1.77. The molecule has 1 saturated carbocycles. The number of methoxy groups -OCH3 is 1. The van der Waals surface area contributed by atoms with Gasteiger partial charge in [0.2, 0.25) is 0 Å². The van der Waals surface area contributed by atoms with Gasteiger partial charge in [0, 0.05) is 34.5 Å². The summed E-state index contributed by atoms with van der Waals surface area (Å²) in [4.78, 5) is 25.4. The molecule has 3 rings (SSSR count). The second-order valence-corrected chi connectivity index (χ2v) is 13.4. The zero-order valence-corrected chi connectivity index (χ0v) is 25.8. The Morgan fingerprint density at radius 2 is 1.91 bits per heavy atom. The second-order valence-electron chi connectivity index (χ2n) is 8.75. The fourth-order valence-corrected chi connectivity index (χ4v) is 5.03. The van der Waals surface area contributed by atoms with E-state index in [1.165, 1.54) is 0 Å². The molecule has 0 saturated heterocycles.